The molecule has 3 N–H and O–H groups in total. The van der Waals surface area contributed by atoms with E-state index in [1.54, 1.807) is 0 Å². The van der Waals surface area contributed by atoms with E-state index in [0.29, 0.717) is 5.69 Å². The molecule has 1 fully saturated rings. The zero-order valence-electron chi connectivity index (χ0n) is 10.7. The molecule has 0 unspecified atom stereocenters. The quantitative estimate of drug-likeness (QED) is 0.802. The number of nitrogens with one attached hydrogen (secondary N) is 1. The number of nitrogen functional groups attached to an aromatic ring is 1. The Morgan fingerprint density at radius 1 is 1.22 bits per heavy atom. The van der Waals surface area contributed by atoms with Crippen molar-refractivity contribution in [2.75, 3.05) is 11.1 Å². The third-order valence-electron chi connectivity index (χ3n) is 3.88. The van der Waals surface area contributed by atoms with Gasteiger partial charge in [0.2, 0.25) is 0 Å². The van der Waals surface area contributed by atoms with E-state index >= 15 is 0 Å². The van der Waals surface area contributed by atoms with Crippen LogP contribution in [0.25, 0.3) is 0 Å². The summed E-state index contributed by atoms with van der Waals surface area (Å²) >= 11 is 0. The van der Waals surface area contributed by atoms with Crippen LogP contribution in [0.2, 0.25) is 0 Å². The van der Waals surface area contributed by atoms with Crippen LogP contribution in [0.3, 0.4) is 0 Å². The maximum absolute atomic E-state index is 13.3. The summed E-state index contributed by atoms with van der Waals surface area (Å²) in [6.07, 6.45) is 5.63. The van der Waals surface area contributed by atoms with Crippen LogP contribution in [-0.4, -0.2) is 6.04 Å². The van der Waals surface area contributed by atoms with Gasteiger partial charge in [-0.2, -0.15) is 0 Å². The van der Waals surface area contributed by atoms with Gasteiger partial charge in [-0.25, -0.2) is 8.78 Å². The summed E-state index contributed by atoms with van der Waals surface area (Å²) in [5.41, 5.74) is 6.01. The molecular formula is C14H20F2N2. The van der Waals surface area contributed by atoms with Crippen molar-refractivity contribution >= 4 is 11.4 Å². The molecule has 1 aliphatic rings. The summed E-state index contributed by atoms with van der Waals surface area (Å²) in [6, 6.07) is 2.36. The molecule has 0 bridgehead atoms. The van der Waals surface area contributed by atoms with Crippen LogP contribution in [0.4, 0.5) is 20.2 Å². The molecule has 18 heavy (non-hydrogen) atoms. The average molecular weight is 254 g/mol. The standard InChI is InChI=1S/C14H20F2N2/c1-2-9-3-5-11(6-4-9)18-13-8-10(15)7-12(16)14(13)17/h7-9,11,18H,2-6,17H2,1H3. The fourth-order valence-electron chi connectivity index (χ4n) is 2.64. The highest BCUT2D eigenvalue weighted by Crippen LogP contribution is 2.31. The van der Waals surface area contributed by atoms with Gasteiger partial charge >= 0.3 is 0 Å². The molecule has 1 saturated carbocycles. The number of anilines is 2. The second kappa shape index (κ2) is 5.55. The highest BCUT2D eigenvalue weighted by Gasteiger charge is 2.21. The monoisotopic (exact) mass is 254 g/mol. The number of hydrogen-bond donors (Lipinski definition) is 2. The lowest BCUT2D eigenvalue weighted by Gasteiger charge is -2.29. The van der Waals surface area contributed by atoms with E-state index in [9.17, 15) is 8.78 Å². The second-order valence-corrected chi connectivity index (χ2v) is 5.12. The molecule has 1 aromatic carbocycles. The predicted octanol–water partition coefficient (Wildman–Crippen LogP) is 3.93. The predicted molar refractivity (Wildman–Crippen MR) is 70.4 cm³/mol. The lowest BCUT2D eigenvalue weighted by Crippen LogP contribution is -2.26. The number of halogens is 2. The molecule has 2 rings (SSSR count). The Kier molecular flexibility index (Phi) is 4.04. The highest BCUT2D eigenvalue weighted by atomic mass is 19.1. The van der Waals surface area contributed by atoms with Crippen LogP contribution >= 0.6 is 0 Å². The topological polar surface area (TPSA) is 38.0 Å². The molecule has 0 amide bonds. The maximum Gasteiger partial charge on any atom is 0.151 e. The van der Waals surface area contributed by atoms with Crippen LogP contribution in [0, 0.1) is 17.6 Å². The van der Waals surface area contributed by atoms with E-state index in [2.05, 4.69) is 12.2 Å². The van der Waals surface area contributed by atoms with E-state index in [1.807, 2.05) is 0 Å². The molecule has 0 radical (unpaired) electrons. The number of benzene rings is 1. The summed E-state index contributed by atoms with van der Waals surface area (Å²) in [6.45, 7) is 2.21. The first-order valence-electron chi connectivity index (χ1n) is 6.61. The minimum absolute atomic E-state index is 0.00835. The van der Waals surface area contributed by atoms with Gasteiger partial charge in [0.25, 0.3) is 0 Å². The van der Waals surface area contributed by atoms with Gasteiger partial charge in [-0.3, -0.25) is 0 Å². The van der Waals surface area contributed by atoms with Gasteiger partial charge in [-0.15, -0.1) is 0 Å². The zero-order valence-corrected chi connectivity index (χ0v) is 10.7. The second-order valence-electron chi connectivity index (χ2n) is 5.12. The minimum Gasteiger partial charge on any atom is -0.395 e. The highest BCUT2D eigenvalue weighted by molar-refractivity contribution is 5.67. The Morgan fingerprint density at radius 3 is 2.50 bits per heavy atom. The Bertz CT molecular complexity index is 413. The van der Waals surface area contributed by atoms with Gasteiger partial charge in [-0.1, -0.05) is 13.3 Å². The van der Waals surface area contributed by atoms with E-state index in [0.717, 1.165) is 24.8 Å². The van der Waals surface area contributed by atoms with Crippen LogP contribution in [0.5, 0.6) is 0 Å². The van der Waals surface area contributed by atoms with E-state index in [4.69, 9.17) is 5.73 Å². The van der Waals surface area contributed by atoms with Gasteiger partial charge in [0, 0.05) is 12.1 Å². The number of rotatable bonds is 3. The van der Waals surface area contributed by atoms with Crippen molar-refractivity contribution in [3.05, 3.63) is 23.8 Å². The molecule has 0 saturated heterocycles. The largest absolute Gasteiger partial charge is 0.395 e. The summed E-state index contributed by atoms with van der Waals surface area (Å²) < 4.78 is 26.4. The first kappa shape index (κ1) is 13.1. The maximum atomic E-state index is 13.3. The fourth-order valence-corrected chi connectivity index (χ4v) is 2.64. The third kappa shape index (κ3) is 2.92. The summed E-state index contributed by atoms with van der Waals surface area (Å²) in [4.78, 5) is 0. The average Bonchev–Trinajstić information content (AvgIpc) is 2.36. The minimum atomic E-state index is -0.695. The van der Waals surface area contributed by atoms with Crippen molar-refractivity contribution in [3.63, 3.8) is 0 Å². The van der Waals surface area contributed by atoms with E-state index in [-0.39, 0.29) is 11.7 Å². The van der Waals surface area contributed by atoms with Crippen molar-refractivity contribution in [1.82, 2.24) is 0 Å². The zero-order chi connectivity index (χ0) is 13.1. The van der Waals surface area contributed by atoms with E-state index < -0.39 is 11.6 Å². The van der Waals surface area contributed by atoms with Crippen molar-refractivity contribution in [1.29, 1.82) is 0 Å². The fraction of sp³-hybridized carbons (Fsp3) is 0.571. The van der Waals surface area contributed by atoms with Gasteiger partial charge < -0.3 is 11.1 Å². The smallest absolute Gasteiger partial charge is 0.151 e. The van der Waals surface area contributed by atoms with Crippen LogP contribution in [0.1, 0.15) is 39.0 Å². The summed E-state index contributed by atoms with van der Waals surface area (Å²) in [5, 5.41) is 3.17. The van der Waals surface area contributed by atoms with Gasteiger partial charge in [0.15, 0.2) is 5.82 Å². The molecule has 0 aliphatic heterocycles. The Labute approximate surface area is 107 Å². The lowest BCUT2D eigenvalue weighted by molar-refractivity contribution is 0.330. The van der Waals surface area contributed by atoms with Gasteiger partial charge in [-0.05, 0) is 37.7 Å². The van der Waals surface area contributed by atoms with Crippen LogP contribution in [0.15, 0.2) is 12.1 Å². The molecular weight excluding hydrogens is 234 g/mol. The molecule has 0 aromatic heterocycles. The van der Waals surface area contributed by atoms with E-state index in [1.165, 1.54) is 25.3 Å². The van der Waals surface area contributed by atoms with Crippen LogP contribution in [-0.2, 0) is 0 Å². The molecule has 0 atom stereocenters. The molecule has 0 heterocycles. The van der Waals surface area contributed by atoms with Gasteiger partial charge in [0.05, 0.1) is 11.4 Å². The normalized spacial score (nSPS) is 23.9. The van der Waals surface area contributed by atoms with Crippen molar-refractivity contribution < 1.29 is 8.78 Å². The first-order valence-corrected chi connectivity index (χ1v) is 6.61. The molecule has 1 aromatic rings. The van der Waals surface area contributed by atoms with Crippen molar-refractivity contribution in [2.45, 2.75) is 45.1 Å². The summed E-state index contributed by atoms with van der Waals surface area (Å²) in [5.74, 6) is -0.490. The molecule has 2 nitrogen and oxygen atoms in total. The Morgan fingerprint density at radius 2 is 1.89 bits per heavy atom. The molecule has 0 spiro atoms. The lowest BCUT2D eigenvalue weighted by atomic mass is 9.84. The third-order valence-corrected chi connectivity index (χ3v) is 3.88. The Hall–Kier alpha value is -1.32. The van der Waals surface area contributed by atoms with Crippen molar-refractivity contribution in [3.8, 4) is 0 Å². The number of hydrogen-bond acceptors (Lipinski definition) is 2. The van der Waals surface area contributed by atoms with Crippen LogP contribution < -0.4 is 11.1 Å². The Balaban J connectivity index is 2.02. The van der Waals surface area contributed by atoms with Crippen molar-refractivity contribution in [2.24, 2.45) is 5.92 Å². The molecule has 4 heteroatoms. The SMILES string of the molecule is CCC1CCC(Nc2cc(F)cc(F)c2N)CC1. The van der Waals surface area contributed by atoms with Gasteiger partial charge in [0.1, 0.15) is 5.82 Å². The summed E-state index contributed by atoms with van der Waals surface area (Å²) in [7, 11) is 0. The number of nitrogens with two attached hydrogens (primary N) is 1. The molecule has 100 valence electrons. The first-order chi connectivity index (χ1) is 8.60. The molecule has 1 aliphatic carbocycles.